The molecule has 15 heavy (non-hydrogen) atoms. The molecule has 0 radical (unpaired) electrons. The predicted octanol–water partition coefficient (Wildman–Crippen LogP) is 3.35. The van der Waals surface area contributed by atoms with Gasteiger partial charge in [-0.25, -0.2) is 0 Å². The lowest BCUT2D eigenvalue weighted by Gasteiger charge is -2.04. The van der Waals surface area contributed by atoms with E-state index in [0.29, 0.717) is 11.3 Å². The van der Waals surface area contributed by atoms with Crippen LogP contribution < -0.4 is 0 Å². The van der Waals surface area contributed by atoms with E-state index in [9.17, 15) is 4.79 Å². The van der Waals surface area contributed by atoms with Crippen molar-refractivity contribution in [3.8, 4) is 0 Å². The van der Waals surface area contributed by atoms with E-state index >= 15 is 0 Å². The number of hydrogen-bond donors (Lipinski definition) is 0. The maximum Gasteiger partial charge on any atom is 0.159 e. The summed E-state index contributed by atoms with van der Waals surface area (Å²) in [5, 5.41) is 0. The Morgan fingerprint density at radius 1 is 1.47 bits per heavy atom. The molecule has 1 aromatic rings. The van der Waals surface area contributed by atoms with Crippen LogP contribution in [0, 0.1) is 0 Å². The first kappa shape index (κ1) is 13.3. The summed E-state index contributed by atoms with van der Waals surface area (Å²) in [6.07, 6.45) is 3.28. The average Bonchev–Trinajstić information content (AvgIpc) is 2.30. The molecule has 0 fully saturated rings. The molecule has 1 aromatic heterocycles. The lowest BCUT2D eigenvalue weighted by Crippen LogP contribution is -1.97. The van der Waals surface area contributed by atoms with Gasteiger partial charge in [0.1, 0.15) is 0 Å². The van der Waals surface area contributed by atoms with Crippen LogP contribution in [-0.2, 0) is 4.79 Å². The lowest BCUT2D eigenvalue weighted by atomic mass is 10.0. The highest BCUT2D eigenvalue weighted by Crippen LogP contribution is 2.16. The third kappa shape index (κ3) is 3.50. The number of pyridine rings is 1. The van der Waals surface area contributed by atoms with Crippen LogP contribution in [0.25, 0.3) is 11.6 Å². The van der Waals surface area contributed by atoms with Gasteiger partial charge in [-0.3, -0.25) is 9.78 Å². The van der Waals surface area contributed by atoms with Crippen LogP contribution in [0.15, 0.2) is 31.5 Å². The van der Waals surface area contributed by atoms with Gasteiger partial charge < -0.3 is 0 Å². The Kier molecular flexibility index (Phi) is 5.95. The van der Waals surface area contributed by atoms with E-state index in [1.165, 1.54) is 6.92 Å². The van der Waals surface area contributed by atoms with E-state index in [0.717, 1.165) is 5.56 Å². The first-order valence-corrected chi connectivity index (χ1v) is 4.94. The molecular weight excluding hydrogens is 186 g/mol. The highest BCUT2D eigenvalue weighted by molar-refractivity contribution is 6.19. The van der Waals surface area contributed by atoms with Gasteiger partial charge in [-0.2, -0.15) is 0 Å². The summed E-state index contributed by atoms with van der Waals surface area (Å²) in [6, 6.07) is 3.59. The smallest absolute Gasteiger partial charge is 0.159 e. The van der Waals surface area contributed by atoms with Gasteiger partial charge in [-0.1, -0.05) is 33.1 Å². The molecule has 0 aliphatic rings. The third-order valence-electron chi connectivity index (χ3n) is 1.78. The predicted molar refractivity (Wildman–Crippen MR) is 65.4 cm³/mol. The molecule has 0 atom stereocenters. The monoisotopic (exact) mass is 203 g/mol. The van der Waals surface area contributed by atoms with Crippen LogP contribution in [-0.4, -0.2) is 10.8 Å². The molecule has 2 heteroatoms. The van der Waals surface area contributed by atoms with Crippen LogP contribution in [0.1, 0.15) is 32.0 Å². The van der Waals surface area contributed by atoms with E-state index in [-0.39, 0.29) is 5.78 Å². The first-order valence-electron chi connectivity index (χ1n) is 4.94. The summed E-state index contributed by atoms with van der Waals surface area (Å²) in [4.78, 5) is 15.1. The Balaban J connectivity index is 0.000000921. The topological polar surface area (TPSA) is 30.0 Å². The summed E-state index contributed by atoms with van der Waals surface area (Å²) >= 11 is 0. The molecule has 0 saturated heterocycles. The molecule has 0 saturated carbocycles. The van der Waals surface area contributed by atoms with Gasteiger partial charge in [0.05, 0.1) is 5.69 Å². The molecule has 1 heterocycles. The van der Waals surface area contributed by atoms with Crippen molar-refractivity contribution in [1.29, 1.82) is 0 Å². The standard InChI is InChI=1S/C11H11NO.C2H6/c1-4-11-10(6-5-7-12-11)8(2)9(3)13;1-2/h4-7H,1-2H2,3H3;1-2H3. The fraction of sp³-hybridized carbons (Fsp3) is 0.231. The maximum atomic E-state index is 11.1. The lowest BCUT2D eigenvalue weighted by molar-refractivity contribution is -0.111. The van der Waals surface area contributed by atoms with Crippen molar-refractivity contribution in [3.63, 3.8) is 0 Å². The second-order valence-electron chi connectivity index (χ2n) is 2.68. The number of Topliss-reactive ketones (excluding diaryl/α,β-unsaturated/α-hetero) is 1. The van der Waals surface area contributed by atoms with Crippen LogP contribution in [0.3, 0.4) is 0 Å². The summed E-state index contributed by atoms with van der Waals surface area (Å²) in [5.41, 5.74) is 1.93. The fourth-order valence-corrected chi connectivity index (χ4v) is 1.03. The van der Waals surface area contributed by atoms with E-state index < -0.39 is 0 Å². The minimum absolute atomic E-state index is 0.0453. The number of aromatic nitrogens is 1. The van der Waals surface area contributed by atoms with Gasteiger partial charge in [-0.05, 0) is 19.1 Å². The van der Waals surface area contributed by atoms with Crippen LogP contribution in [0.2, 0.25) is 0 Å². The van der Waals surface area contributed by atoms with Gasteiger partial charge >= 0.3 is 0 Å². The number of hydrogen-bond acceptors (Lipinski definition) is 2. The SMILES string of the molecule is C=Cc1ncccc1C(=C)C(C)=O.CC. The maximum absolute atomic E-state index is 11.1. The number of rotatable bonds is 3. The largest absolute Gasteiger partial charge is 0.295 e. The van der Waals surface area contributed by atoms with E-state index in [1.54, 1.807) is 18.3 Å². The second kappa shape index (κ2) is 6.71. The number of nitrogens with zero attached hydrogens (tertiary/aromatic N) is 1. The quantitative estimate of drug-likeness (QED) is 0.705. The zero-order valence-corrected chi connectivity index (χ0v) is 9.58. The molecule has 0 bridgehead atoms. The molecule has 0 aliphatic heterocycles. The Morgan fingerprint density at radius 2 is 2.07 bits per heavy atom. The van der Waals surface area contributed by atoms with Gasteiger partial charge in [0.25, 0.3) is 0 Å². The normalized spacial score (nSPS) is 8.47. The highest BCUT2D eigenvalue weighted by atomic mass is 16.1. The van der Waals surface area contributed by atoms with Crippen LogP contribution >= 0.6 is 0 Å². The molecule has 1 rings (SSSR count). The van der Waals surface area contributed by atoms with Gasteiger partial charge in [0.2, 0.25) is 0 Å². The Hall–Kier alpha value is -1.70. The van der Waals surface area contributed by atoms with Crippen molar-refractivity contribution in [2.45, 2.75) is 20.8 Å². The summed E-state index contributed by atoms with van der Waals surface area (Å²) in [6.45, 7) is 12.8. The third-order valence-corrected chi connectivity index (χ3v) is 1.78. The molecule has 0 spiro atoms. The Labute approximate surface area is 91.4 Å². The summed E-state index contributed by atoms with van der Waals surface area (Å²) in [5.74, 6) is -0.0453. The second-order valence-corrected chi connectivity index (χ2v) is 2.68. The molecule has 0 N–H and O–H groups in total. The van der Waals surface area contributed by atoms with E-state index in [4.69, 9.17) is 0 Å². The molecule has 0 amide bonds. The van der Waals surface area contributed by atoms with Crippen molar-refractivity contribution in [3.05, 3.63) is 42.7 Å². The van der Waals surface area contributed by atoms with Gasteiger partial charge in [0, 0.05) is 17.3 Å². The summed E-state index contributed by atoms with van der Waals surface area (Å²) < 4.78 is 0. The zero-order chi connectivity index (χ0) is 11.8. The van der Waals surface area contributed by atoms with Crippen molar-refractivity contribution in [1.82, 2.24) is 4.98 Å². The fourth-order valence-electron chi connectivity index (χ4n) is 1.03. The first-order chi connectivity index (χ1) is 7.16. The van der Waals surface area contributed by atoms with Crippen molar-refractivity contribution in [2.75, 3.05) is 0 Å². The van der Waals surface area contributed by atoms with Crippen molar-refractivity contribution < 1.29 is 4.79 Å². The van der Waals surface area contributed by atoms with Gasteiger partial charge in [0.15, 0.2) is 5.78 Å². The minimum atomic E-state index is -0.0453. The molecule has 0 aliphatic carbocycles. The summed E-state index contributed by atoms with van der Waals surface area (Å²) in [7, 11) is 0. The van der Waals surface area contributed by atoms with Gasteiger partial charge in [-0.15, -0.1) is 0 Å². The number of allylic oxidation sites excluding steroid dienone is 1. The highest BCUT2D eigenvalue weighted by Gasteiger charge is 2.07. The number of ketones is 1. The number of carbonyl (C=O) groups excluding carboxylic acids is 1. The molecule has 0 aromatic carbocycles. The van der Waals surface area contributed by atoms with E-state index in [1.807, 2.05) is 19.9 Å². The average molecular weight is 203 g/mol. The Bertz CT molecular complexity index is 367. The molecule has 80 valence electrons. The van der Waals surface area contributed by atoms with Crippen molar-refractivity contribution >= 4 is 17.4 Å². The molecular formula is C13H17NO. The van der Waals surface area contributed by atoms with Crippen LogP contribution in [0.4, 0.5) is 0 Å². The van der Waals surface area contributed by atoms with E-state index in [2.05, 4.69) is 18.1 Å². The molecule has 2 nitrogen and oxygen atoms in total. The minimum Gasteiger partial charge on any atom is -0.295 e. The zero-order valence-electron chi connectivity index (χ0n) is 9.58. The van der Waals surface area contributed by atoms with Crippen LogP contribution in [0.5, 0.6) is 0 Å². The molecule has 0 unspecified atom stereocenters. The number of carbonyl (C=O) groups is 1. The Morgan fingerprint density at radius 3 is 2.53 bits per heavy atom. The van der Waals surface area contributed by atoms with Crippen molar-refractivity contribution in [2.24, 2.45) is 0 Å².